The monoisotopic (exact) mass is 1820 g/mol. The number of Topliss-reactive ketones (excluding diaryl/α,β-unsaturated/α-hetero) is 6. The van der Waals surface area contributed by atoms with Gasteiger partial charge in [-0.05, 0) is 222 Å². The lowest BCUT2D eigenvalue weighted by Crippen LogP contribution is -2.25. The van der Waals surface area contributed by atoms with Gasteiger partial charge in [0.25, 0.3) is 0 Å². The second-order valence-corrected chi connectivity index (χ2v) is 36.7. The highest BCUT2D eigenvalue weighted by molar-refractivity contribution is 6.30. The number of rotatable bonds is 38. The molecule has 0 aliphatic heterocycles. The van der Waals surface area contributed by atoms with Gasteiger partial charge in [-0.25, -0.2) is 4.39 Å². The number of carboxylic acids is 6. The van der Waals surface area contributed by atoms with Crippen molar-refractivity contribution in [3.05, 3.63) is 200 Å². The van der Waals surface area contributed by atoms with Crippen molar-refractivity contribution in [2.75, 3.05) is 14.2 Å². The van der Waals surface area contributed by atoms with Crippen molar-refractivity contribution >= 4 is 93.7 Å². The van der Waals surface area contributed by atoms with Crippen LogP contribution in [0.1, 0.15) is 270 Å². The first-order valence-corrected chi connectivity index (χ1v) is 47.2. The Kier molecular flexibility index (Phi) is 47.4. The summed E-state index contributed by atoms with van der Waals surface area (Å²) in [5.41, 5.74) is 5.52. The summed E-state index contributed by atoms with van der Waals surface area (Å²) < 4.78 is 23.4. The first-order chi connectivity index (χ1) is 62.0. The lowest BCUT2D eigenvalue weighted by atomic mass is 9.82. The molecule has 6 aliphatic carbocycles. The first-order valence-electron chi connectivity index (χ1n) is 46.5. The van der Waals surface area contributed by atoms with E-state index >= 15 is 0 Å². The van der Waals surface area contributed by atoms with Gasteiger partial charge in [0.05, 0.1) is 61.4 Å². The van der Waals surface area contributed by atoms with Gasteiger partial charge in [0.15, 0.2) is 0 Å². The Labute approximate surface area is 769 Å². The van der Waals surface area contributed by atoms with Crippen molar-refractivity contribution in [1.82, 2.24) is 0 Å². The number of hydrogen-bond donors (Lipinski definition) is 6. The lowest BCUT2D eigenvalue weighted by Gasteiger charge is -2.22. The number of halogens is 3. The molecule has 21 nitrogen and oxygen atoms in total. The van der Waals surface area contributed by atoms with E-state index in [9.17, 15) is 92.6 Å². The van der Waals surface area contributed by atoms with E-state index in [2.05, 4.69) is 0 Å². The van der Waals surface area contributed by atoms with Crippen LogP contribution in [0.5, 0.6) is 11.5 Å². The van der Waals surface area contributed by atoms with Crippen LogP contribution in [-0.4, -0.2) is 115 Å². The van der Waals surface area contributed by atoms with Crippen molar-refractivity contribution in [3.8, 4) is 17.6 Å². The van der Waals surface area contributed by atoms with Crippen LogP contribution < -0.4 is 9.47 Å². The summed E-state index contributed by atoms with van der Waals surface area (Å²) >= 11 is 11.7. The number of carboxylic acid groups (broad SMARTS) is 6. The number of nitriles is 1. The predicted octanol–water partition coefficient (Wildman–Crippen LogP) is 22.2. The number of carbonyl (C=O) groups excluding carboxylic acids is 6. The molecule has 0 bridgehead atoms. The molecule has 6 N–H and O–H groups in total. The molecule has 0 spiro atoms. The second-order valence-electron chi connectivity index (χ2n) is 35.9. The Balaban J connectivity index is 0.000000212. The Morgan fingerprint density at radius 3 is 0.822 bits per heavy atom. The van der Waals surface area contributed by atoms with Crippen LogP contribution in [0.25, 0.3) is 0 Å². The van der Waals surface area contributed by atoms with Crippen LogP contribution in [0.4, 0.5) is 4.39 Å². The summed E-state index contributed by atoms with van der Waals surface area (Å²) in [4.78, 5) is 142. The van der Waals surface area contributed by atoms with Gasteiger partial charge in [-0.1, -0.05) is 212 Å². The minimum absolute atomic E-state index is 0.0214. The van der Waals surface area contributed by atoms with Crippen molar-refractivity contribution < 1.29 is 102 Å². The molecule has 0 aromatic heterocycles. The summed E-state index contributed by atoms with van der Waals surface area (Å²) in [5, 5.41) is 66.4. The Bertz CT molecular complexity index is 4510. The normalized spacial score (nSPS) is 17.1. The molecule has 12 rings (SSSR count). The quantitative estimate of drug-likeness (QED) is 0.0210. The number of aliphatic carboxylic acids is 6. The Morgan fingerprint density at radius 2 is 0.550 bits per heavy atom. The fourth-order valence-electron chi connectivity index (χ4n) is 18.5. The number of nitrogens with zero attached hydrogens (tertiary/aromatic N) is 1. The summed E-state index contributed by atoms with van der Waals surface area (Å²) in [6.07, 6.45) is 33.7. The van der Waals surface area contributed by atoms with Crippen molar-refractivity contribution in [2.24, 2.45) is 71.0 Å². The van der Waals surface area contributed by atoms with E-state index in [1.54, 1.807) is 74.9 Å². The fourth-order valence-corrected chi connectivity index (χ4v) is 18.8. The molecule has 6 aromatic carbocycles. The molecule has 698 valence electrons. The van der Waals surface area contributed by atoms with E-state index in [1.165, 1.54) is 44.2 Å². The molecular formula is C105H132Cl2FNO20. The van der Waals surface area contributed by atoms with Gasteiger partial charge in [0.1, 0.15) is 52.0 Å². The number of ether oxygens (including phenoxy) is 2. The van der Waals surface area contributed by atoms with E-state index in [1.807, 2.05) is 78.9 Å². The summed E-state index contributed by atoms with van der Waals surface area (Å²) in [6.45, 7) is 0. The smallest absolute Gasteiger partial charge is 0.307 e. The van der Waals surface area contributed by atoms with Crippen LogP contribution in [-0.2, 0) is 96.1 Å². The van der Waals surface area contributed by atoms with Gasteiger partial charge in [0, 0.05) is 84.1 Å². The van der Waals surface area contributed by atoms with Crippen molar-refractivity contribution in [1.29, 1.82) is 5.26 Å². The van der Waals surface area contributed by atoms with Gasteiger partial charge in [-0.3, -0.25) is 57.5 Å². The highest BCUT2D eigenvalue weighted by Gasteiger charge is 2.35. The van der Waals surface area contributed by atoms with Crippen LogP contribution in [0.3, 0.4) is 0 Å². The zero-order valence-corrected chi connectivity index (χ0v) is 76.5. The summed E-state index contributed by atoms with van der Waals surface area (Å²) in [6, 6.07) is 44.0. The number of carbonyl (C=O) groups is 12. The maximum absolute atomic E-state index is 13.2. The molecule has 6 aromatic rings. The van der Waals surface area contributed by atoms with E-state index in [4.69, 9.17) is 37.9 Å². The third-order valence-electron chi connectivity index (χ3n) is 26.1. The van der Waals surface area contributed by atoms with E-state index in [0.29, 0.717) is 59.0 Å². The Hall–Kier alpha value is -10.2. The standard InChI is InChI=1S/C18H21NO3.2C18H24O4.2C17H21ClO3.C17H21FO3/c19-12-14-6-4-5-13(9-14)10-16(18(21)22)11-17(20)15-7-2-1-3-8-15;1-22-16-9-5-6-13(11-16)10-15(18(20)21)12-17(19)14-7-3-2-4-8-14;1-22-16-9-7-13(8-10-16)11-15(18(20)21)12-17(19)14-5-3-2-4-6-14;18-15-8-4-5-12(10-15)9-14(17(20)21)11-16(19)13-6-2-1-3-7-13;18-15-8-6-12(7-9-15)10-14(17(20)21)11-16(19)13-4-2-1-3-5-13;18-15-8-4-5-12(10-15)9-14(17(20)21)11-16(19)13-6-2-1-3-7-13/h4-6,9,15-16H,1-3,7-8,10-11H2,(H,21,22);5-6,9,11,14-15H,2-4,7-8,10,12H2,1H3,(H,20,21);7-10,14-15H,2-6,11-12H2,1H3,(H,20,21);4-5,8,10,13-14H,1-3,6-7,9,11H2,(H,20,21);6-9,13-14H,1-5,10-11H2,(H,20,21);4-5,8,10,13-14H,1-3,6-7,9,11H2,(H,20,21). The molecule has 0 amide bonds. The van der Waals surface area contributed by atoms with Crippen LogP contribution >= 0.6 is 23.2 Å². The Morgan fingerprint density at radius 1 is 0.302 bits per heavy atom. The topological polar surface area (TPSA) is 368 Å². The van der Waals surface area contributed by atoms with Crippen LogP contribution in [0, 0.1) is 88.2 Å². The molecule has 0 heterocycles. The van der Waals surface area contributed by atoms with Crippen molar-refractivity contribution in [2.45, 2.75) is 270 Å². The van der Waals surface area contributed by atoms with Crippen molar-refractivity contribution in [3.63, 3.8) is 0 Å². The molecule has 0 saturated heterocycles. The highest BCUT2D eigenvalue weighted by Crippen LogP contribution is 2.35. The van der Waals surface area contributed by atoms with E-state index < -0.39 is 71.3 Å². The fraction of sp³-hybridized carbons (Fsp3) is 0.533. The minimum atomic E-state index is -0.983. The number of methoxy groups -OCH3 is 2. The third-order valence-corrected chi connectivity index (χ3v) is 26.6. The lowest BCUT2D eigenvalue weighted by molar-refractivity contribution is -0.144. The average Bonchev–Trinajstić information content (AvgIpc) is 0.874. The van der Waals surface area contributed by atoms with Crippen LogP contribution in [0.15, 0.2) is 146 Å². The molecule has 6 aliphatic rings. The van der Waals surface area contributed by atoms with E-state index in [0.717, 1.165) is 194 Å². The predicted molar refractivity (Wildman–Crippen MR) is 493 cm³/mol. The SMILES string of the molecule is COc1ccc(CC(CC(=O)C2CCCCC2)C(=O)O)cc1.COc1cccc(CC(CC(=O)C2CCCCC2)C(=O)O)c1.N#Cc1cccc(CC(CC(=O)C2CCCCC2)C(=O)O)c1.O=C(O)C(CC(=O)C1CCCCC1)Cc1ccc(Cl)cc1.O=C(O)C(CC(=O)C1CCCCC1)Cc1cccc(Cl)c1.O=C(O)C(CC(=O)C1CCCCC1)Cc1cccc(F)c1. The molecule has 6 atom stereocenters. The van der Waals surface area contributed by atoms with Crippen LogP contribution in [0.2, 0.25) is 10.0 Å². The average molecular weight is 1820 g/mol. The first kappa shape index (κ1) is 106. The molecule has 129 heavy (non-hydrogen) atoms. The molecule has 6 saturated carbocycles. The molecule has 0 radical (unpaired) electrons. The molecule has 6 unspecified atom stereocenters. The summed E-state index contributed by atoms with van der Waals surface area (Å²) in [5.74, 6) is -7.50. The maximum atomic E-state index is 13.2. The van der Waals surface area contributed by atoms with Gasteiger partial charge >= 0.3 is 35.8 Å². The van der Waals surface area contributed by atoms with Gasteiger partial charge in [0.2, 0.25) is 0 Å². The van der Waals surface area contributed by atoms with Gasteiger partial charge in [-0.15, -0.1) is 0 Å². The summed E-state index contributed by atoms with van der Waals surface area (Å²) in [7, 11) is 3.18. The third kappa shape index (κ3) is 39.5. The molecular weight excluding hydrogens is 1690 g/mol. The minimum Gasteiger partial charge on any atom is -0.497 e. The molecule has 24 heteroatoms. The number of hydrogen-bond acceptors (Lipinski definition) is 15. The molecule has 6 fully saturated rings. The number of ketones is 6. The second kappa shape index (κ2) is 57.7. The van der Waals surface area contributed by atoms with Gasteiger partial charge < -0.3 is 40.1 Å². The van der Waals surface area contributed by atoms with E-state index in [-0.39, 0.29) is 121 Å². The zero-order valence-electron chi connectivity index (χ0n) is 75.0. The van der Waals surface area contributed by atoms with Gasteiger partial charge in [-0.2, -0.15) is 5.26 Å². The maximum Gasteiger partial charge on any atom is 0.307 e. The zero-order chi connectivity index (χ0) is 93.6. The number of benzene rings is 6. The highest BCUT2D eigenvalue weighted by atomic mass is 35.5. The largest absolute Gasteiger partial charge is 0.497 e.